The number of anilines is 1. The van der Waals surface area contributed by atoms with Crippen molar-refractivity contribution >= 4 is 17.3 Å². The average Bonchev–Trinajstić information content (AvgIpc) is 2.39. The molecule has 0 bridgehead atoms. The molecule has 1 atom stereocenters. The Hall–Kier alpha value is -1.58. The summed E-state index contributed by atoms with van der Waals surface area (Å²) < 4.78 is 0. The maximum atomic E-state index is 6.03. The summed E-state index contributed by atoms with van der Waals surface area (Å²) in [6.45, 7) is 2.96. The molecule has 3 nitrogen and oxygen atoms in total. The van der Waals surface area contributed by atoms with Gasteiger partial charge in [0.25, 0.3) is 0 Å². The first-order valence-electron chi connectivity index (χ1n) is 6.38. The third kappa shape index (κ3) is 3.69. The van der Waals surface area contributed by atoms with Crippen LogP contribution in [0.25, 0.3) is 0 Å². The fourth-order valence-electron chi connectivity index (χ4n) is 2.15. The topological polar surface area (TPSA) is 50.9 Å². The number of rotatable bonds is 5. The number of aromatic nitrogens is 1. The van der Waals surface area contributed by atoms with Crippen molar-refractivity contribution in [1.29, 1.82) is 0 Å². The number of pyridine rings is 1. The standard InChI is InChI=1S/C15H18ClN3/c1-2-19-15(13-10-18-7-6-14(13)17)9-11-4-3-5-12(16)8-11/h3-8,10,15,19H,2,9H2,1H3,(H2,17,18). The summed E-state index contributed by atoms with van der Waals surface area (Å²) in [7, 11) is 0. The van der Waals surface area contributed by atoms with E-state index in [0.717, 1.165) is 29.2 Å². The molecular weight excluding hydrogens is 258 g/mol. The van der Waals surface area contributed by atoms with Gasteiger partial charge in [-0.1, -0.05) is 30.7 Å². The van der Waals surface area contributed by atoms with E-state index in [1.807, 2.05) is 30.5 Å². The SMILES string of the molecule is CCNC(Cc1cccc(Cl)c1)c1cnccc1N. The van der Waals surface area contributed by atoms with Crippen molar-refractivity contribution in [3.63, 3.8) is 0 Å². The zero-order valence-corrected chi connectivity index (χ0v) is 11.7. The monoisotopic (exact) mass is 275 g/mol. The molecular formula is C15H18ClN3. The Kier molecular flexibility index (Phi) is 4.77. The molecule has 2 rings (SSSR count). The first-order valence-corrected chi connectivity index (χ1v) is 6.75. The van der Waals surface area contributed by atoms with Crippen LogP contribution in [-0.2, 0) is 6.42 Å². The number of nitrogens with zero attached hydrogens (tertiary/aromatic N) is 1. The molecule has 19 heavy (non-hydrogen) atoms. The molecule has 0 radical (unpaired) electrons. The van der Waals surface area contributed by atoms with Crippen LogP contribution in [0.4, 0.5) is 5.69 Å². The van der Waals surface area contributed by atoms with E-state index >= 15 is 0 Å². The molecule has 0 saturated carbocycles. The fraction of sp³-hybridized carbons (Fsp3) is 0.267. The lowest BCUT2D eigenvalue weighted by Crippen LogP contribution is -2.24. The lowest BCUT2D eigenvalue weighted by Gasteiger charge is -2.19. The smallest absolute Gasteiger partial charge is 0.0408 e. The molecule has 1 unspecified atom stereocenters. The van der Waals surface area contributed by atoms with E-state index < -0.39 is 0 Å². The summed E-state index contributed by atoms with van der Waals surface area (Å²) in [5.74, 6) is 0. The van der Waals surface area contributed by atoms with Gasteiger partial charge in [0.1, 0.15) is 0 Å². The van der Waals surface area contributed by atoms with Gasteiger partial charge in [-0.15, -0.1) is 0 Å². The quantitative estimate of drug-likeness (QED) is 0.881. The minimum absolute atomic E-state index is 0.150. The Labute approximate surface area is 118 Å². The third-order valence-electron chi connectivity index (χ3n) is 3.04. The maximum Gasteiger partial charge on any atom is 0.0408 e. The van der Waals surface area contributed by atoms with Crippen LogP contribution in [0.3, 0.4) is 0 Å². The Morgan fingerprint density at radius 3 is 2.89 bits per heavy atom. The molecule has 100 valence electrons. The summed E-state index contributed by atoms with van der Waals surface area (Å²) in [4.78, 5) is 4.16. The predicted octanol–water partition coefficient (Wildman–Crippen LogP) is 3.21. The highest BCUT2D eigenvalue weighted by molar-refractivity contribution is 6.30. The van der Waals surface area contributed by atoms with E-state index in [2.05, 4.69) is 23.3 Å². The Balaban J connectivity index is 2.24. The molecule has 1 aromatic carbocycles. The third-order valence-corrected chi connectivity index (χ3v) is 3.28. The maximum absolute atomic E-state index is 6.03. The lowest BCUT2D eigenvalue weighted by molar-refractivity contribution is 0.550. The number of hydrogen-bond acceptors (Lipinski definition) is 3. The molecule has 2 aromatic rings. The van der Waals surface area contributed by atoms with Crippen molar-refractivity contribution in [3.8, 4) is 0 Å². The second kappa shape index (κ2) is 6.55. The molecule has 1 heterocycles. The van der Waals surface area contributed by atoms with E-state index in [9.17, 15) is 0 Å². The van der Waals surface area contributed by atoms with Crippen molar-refractivity contribution in [3.05, 3.63) is 58.9 Å². The van der Waals surface area contributed by atoms with Gasteiger partial charge in [0.15, 0.2) is 0 Å². The fourth-order valence-corrected chi connectivity index (χ4v) is 2.36. The summed E-state index contributed by atoms with van der Waals surface area (Å²) in [6, 6.07) is 9.88. The largest absolute Gasteiger partial charge is 0.398 e. The first-order chi connectivity index (χ1) is 9.20. The van der Waals surface area contributed by atoms with Crippen LogP contribution in [0.15, 0.2) is 42.7 Å². The van der Waals surface area contributed by atoms with E-state index in [1.54, 1.807) is 6.20 Å². The molecule has 1 aromatic heterocycles. The number of nitrogens with two attached hydrogens (primary N) is 1. The van der Waals surface area contributed by atoms with Crippen LogP contribution in [0, 0.1) is 0 Å². The highest BCUT2D eigenvalue weighted by Gasteiger charge is 2.14. The van der Waals surface area contributed by atoms with Gasteiger partial charge < -0.3 is 11.1 Å². The highest BCUT2D eigenvalue weighted by Crippen LogP contribution is 2.23. The Morgan fingerprint density at radius 2 is 2.21 bits per heavy atom. The molecule has 0 spiro atoms. The molecule has 0 aliphatic carbocycles. The summed E-state index contributed by atoms with van der Waals surface area (Å²) in [5, 5.41) is 4.20. The van der Waals surface area contributed by atoms with Crippen LogP contribution in [-0.4, -0.2) is 11.5 Å². The highest BCUT2D eigenvalue weighted by atomic mass is 35.5. The molecule has 0 aliphatic heterocycles. The second-order valence-electron chi connectivity index (χ2n) is 4.45. The second-order valence-corrected chi connectivity index (χ2v) is 4.89. The number of nitrogens with one attached hydrogen (secondary N) is 1. The van der Waals surface area contributed by atoms with Gasteiger partial charge in [0, 0.05) is 34.7 Å². The van der Waals surface area contributed by atoms with Crippen molar-refractivity contribution in [2.24, 2.45) is 0 Å². The van der Waals surface area contributed by atoms with Gasteiger partial charge in [0.05, 0.1) is 0 Å². The molecule has 0 saturated heterocycles. The van der Waals surface area contributed by atoms with Gasteiger partial charge >= 0.3 is 0 Å². The lowest BCUT2D eigenvalue weighted by atomic mass is 9.99. The van der Waals surface area contributed by atoms with E-state index in [1.165, 1.54) is 5.56 Å². The minimum Gasteiger partial charge on any atom is -0.398 e. The predicted molar refractivity (Wildman–Crippen MR) is 80.2 cm³/mol. The van der Waals surface area contributed by atoms with Crippen LogP contribution in [0.2, 0.25) is 5.02 Å². The van der Waals surface area contributed by atoms with Crippen molar-refractivity contribution < 1.29 is 0 Å². The van der Waals surface area contributed by atoms with Gasteiger partial charge in [-0.3, -0.25) is 4.98 Å². The minimum atomic E-state index is 0.150. The number of halogens is 1. The van der Waals surface area contributed by atoms with E-state index in [0.29, 0.717) is 0 Å². The zero-order chi connectivity index (χ0) is 13.7. The normalized spacial score (nSPS) is 12.3. The average molecular weight is 276 g/mol. The van der Waals surface area contributed by atoms with Crippen molar-refractivity contribution in [2.45, 2.75) is 19.4 Å². The van der Waals surface area contributed by atoms with Crippen molar-refractivity contribution in [2.75, 3.05) is 12.3 Å². The van der Waals surface area contributed by atoms with E-state index in [-0.39, 0.29) is 6.04 Å². The number of likely N-dealkylation sites (N-methyl/N-ethyl adjacent to an activating group) is 1. The summed E-state index contributed by atoms with van der Waals surface area (Å²) >= 11 is 6.03. The molecule has 3 N–H and O–H groups in total. The summed E-state index contributed by atoms with van der Waals surface area (Å²) in [6.07, 6.45) is 4.37. The summed E-state index contributed by atoms with van der Waals surface area (Å²) in [5.41, 5.74) is 9.01. The number of benzene rings is 1. The van der Waals surface area contributed by atoms with Gasteiger partial charge in [0.2, 0.25) is 0 Å². The Bertz CT molecular complexity index is 542. The van der Waals surface area contributed by atoms with Gasteiger partial charge in [-0.25, -0.2) is 0 Å². The molecule has 0 aliphatic rings. The Morgan fingerprint density at radius 1 is 1.37 bits per heavy atom. The van der Waals surface area contributed by atoms with Crippen molar-refractivity contribution in [1.82, 2.24) is 10.3 Å². The number of nitrogen functional groups attached to an aromatic ring is 1. The molecule has 4 heteroatoms. The van der Waals surface area contributed by atoms with E-state index in [4.69, 9.17) is 17.3 Å². The van der Waals surface area contributed by atoms with Gasteiger partial charge in [-0.2, -0.15) is 0 Å². The molecule has 0 fully saturated rings. The van der Waals surface area contributed by atoms with Crippen LogP contribution in [0.5, 0.6) is 0 Å². The van der Waals surface area contributed by atoms with Crippen LogP contribution in [0.1, 0.15) is 24.1 Å². The molecule has 0 amide bonds. The first kappa shape index (κ1) is 13.8. The van der Waals surface area contributed by atoms with Crippen LogP contribution < -0.4 is 11.1 Å². The van der Waals surface area contributed by atoms with Crippen LogP contribution >= 0.6 is 11.6 Å². The zero-order valence-electron chi connectivity index (χ0n) is 10.9. The van der Waals surface area contributed by atoms with Gasteiger partial charge in [-0.05, 0) is 36.7 Å². The number of hydrogen-bond donors (Lipinski definition) is 2.